The van der Waals surface area contributed by atoms with Gasteiger partial charge in [0.1, 0.15) is 0 Å². The van der Waals surface area contributed by atoms with Crippen molar-refractivity contribution in [1.29, 1.82) is 0 Å². The van der Waals surface area contributed by atoms with Crippen molar-refractivity contribution in [3.05, 3.63) is 21.9 Å². The zero-order valence-corrected chi connectivity index (χ0v) is 13.2. The van der Waals surface area contributed by atoms with Gasteiger partial charge in [-0.2, -0.15) is 0 Å². The van der Waals surface area contributed by atoms with E-state index in [1.807, 2.05) is 11.3 Å². The van der Waals surface area contributed by atoms with E-state index in [1.165, 1.54) is 9.75 Å². The Labute approximate surface area is 120 Å². The fourth-order valence-corrected chi connectivity index (χ4v) is 4.03. The van der Waals surface area contributed by atoms with Crippen LogP contribution in [0, 0.1) is 6.92 Å². The van der Waals surface area contributed by atoms with E-state index in [0.717, 1.165) is 19.5 Å². The summed E-state index contributed by atoms with van der Waals surface area (Å²) in [7, 11) is 0. The highest BCUT2D eigenvalue weighted by Crippen LogP contribution is 2.32. The Morgan fingerprint density at radius 1 is 1.37 bits per heavy atom. The van der Waals surface area contributed by atoms with E-state index in [4.69, 9.17) is 10.5 Å². The minimum Gasteiger partial charge on any atom is -0.373 e. The lowest BCUT2D eigenvalue weighted by Crippen LogP contribution is -2.51. The van der Waals surface area contributed by atoms with Gasteiger partial charge in [0.15, 0.2) is 0 Å². The van der Waals surface area contributed by atoms with Crippen molar-refractivity contribution in [2.24, 2.45) is 5.73 Å². The van der Waals surface area contributed by atoms with Crippen molar-refractivity contribution >= 4 is 11.3 Å². The predicted octanol–water partition coefficient (Wildman–Crippen LogP) is 2.94. The first-order valence-electron chi connectivity index (χ1n) is 7.22. The number of rotatable bonds is 4. The molecule has 0 bridgehead atoms. The molecule has 19 heavy (non-hydrogen) atoms. The smallest absolute Gasteiger partial charge is 0.0678 e. The molecule has 3 nitrogen and oxygen atoms in total. The van der Waals surface area contributed by atoms with Gasteiger partial charge in [-0.1, -0.05) is 6.92 Å². The number of aryl methyl sites for hydroxylation is 1. The molecule has 0 aromatic carbocycles. The van der Waals surface area contributed by atoms with Gasteiger partial charge in [-0.15, -0.1) is 11.3 Å². The van der Waals surface area contributed by atoms with E-state index in [9.17, 15) is 0 Å². The van der Waals surface area contributed by atoms with Gasteiger partial charge in [0.05, 0.1) is 18.2 Å². The van der Waals surface area contributed by atoms with Crippen molar-refractivity contribution in [2.75, 3.05) is 13.1 Å². The molecule has 4 heteroatoms. The summed E-state index contributed by atoms with van der Waals surface area (Å²) in [5.41, 5.74) is 6.40. The van der Waals surface area contributed by atoms with Crippen molar-refractivity contribution in [2.45, 2.75) is 58.4 Å². The van der Waals surface area contributed by atoms with Crippen LogP contribution < -0.4 is 5.73 Å². The Kier molecular flexibility index (Phi) is 5.01. The van der Waals surface area contributed by atoms with E-state index in [1.54, 1.807) is 0 Å². The Bertz CT molecular complexity index is 397. The molecule has 0 amide bonds. The summed E-state index contributed by atoms with van der Waals surface area (Å²) in [6.45, 7) is 10.6. The average Bonchev–Trinajstić information content (AvgIpc) is 2.74. The molecule has 0 spiro atoms. The van der Waals surface area contributed by atoms with Crippen LogP contribution in [0.3, 0.4) is 0 Å². The quantitative estimate of drug-likeness (QED) is 0.923. The van der Waals surface area contributed by atoms with Gasteiger partial charge in [-0.25, -0.2) is 0 Å². The normalized spacial score (nSPS) is 28.3. The fraction of sp³-hybridized carbons (Fsp3) is 0.733. The van der Waals surface area contributed by atoms with Gasteiger partial charge in [0.25, 0.3) is 0 Å². The molecule has 108 valence electrons. The van der Waals surface area contributed by atoms with E-state index in [-0.39, 0.29) is 18.2 Å². The first-order chi connectivity index (χ1) is 9.01. The largest absolute Gasteiger partial charge is 0.373 e. The lowest BCUT2D eigenvalue weighted by Gasteiger charge is -2.41. The third-order valence-corrected chi connectivity index (χ3v) is 4.84. The van der Waals surface area contributed by atoms with Crippen LogP contribution in [0.2, 0.25) is 0 Å². The molecule has 0 radical (unpaired) electrons. The second-order valence-electron chi connectivity index (χ2n) is 5.68. The Morgan fingerprint density at radius 2 is 2.00 bits per heavy atom. The molecule has 4 atom stereocenters. The minimum absolute atomic E-state index is 0.190. The maximum absolute atomic E-state index is 6.40. The monoisotopic (exact) mass is 282 g/mol. The molecule has 4 unspecified atom stereocenters. The van der Waals surface area contributed by atoms with Crippen LogP contribution in [0.15, 0.2) is 12.1 Å². The number of nitrogens with zero attached hydrogens (tertiary/aromatic N) is 1. The van der Waals surface area contributed by atoms with Gasteiger partial charge in [0.2, 0.25) is 0 Å². The number of morpholine rings is 1. The molecular weight excluding hydrogens is 256 g/mol. The lowest BCUT2D eigenvalue weighted by molar-refractivity contribution is -0.0834. The van der Waals surface area contributed by atoms with Crippen molar-refractivity contribution in [1.82, 2.24) is 4.90 Å². The zero-order chi connectivity index (χ0) is 14.0. The molecule has 2 rings (SSSR count). The lowest BCUT2D eigenvalue weighted by atomic mass is 10.0. The molecule has 1 aliphatic heterocycles. The molecule has 2 heterocycles. The zero-order valence-electron chi connectivity index (χ0n) is 12.4. The first kappa shape index (κ1) is 15.0. The molecule has 1 fully saturated rings. The minimum atomic E-state index is 0.190. The second-order valence-corrected chi connectivity index (χ2v) is 7.00. The van der Waals surface area contributed by atoms with Crippen LogP contribution in [0.5, 0.6) is 0 Å². The van der Waals surface area contributed by atoms with E-state index in [0.29, 0.717) is 6.04 Å². The summed E-state index contributed by atoms with van der Waals surface area (Å²) < 4.78 is 5.84. The number of nitrogens with two attached hydrogens (primary N) is 1. The van der Waals surface area contributed by atoms with Crippen LogP contribution in [0.25, 0.3) is 0 Å². The fourth-order valence-electron chi connectivity index (χ4n) is 2.94. The summed E-state index contributed by atoms with van der Waals surface area (Å²) in [6.07, 6.45) is 1.58. The maximum Gasteiger partial charge on any atom is 0.0678 e. The Morgan fingerprint density at radius 3 is 2.47 bits per heavy atom. The summed E-state index contributed by atoms with van der Waals surface area (Å²) in [6, 6.07) is 4.96. The van der Waals surface area contributed by atoms with E-state index in [2.05, 4.69) is 44.7 Å². The van der Waals surface area contributed by atoms with Crippen LogP contribution in [0.1, 0.15) is 43.0 Å². The van der Waals surface area contributed by atoms with Crippen LogP contribution in [0.4, 0.5) is 0 Å². The summed E-state index contributed by atoms with van der Waals surface area (Å²) in [5, 5.41) is 0. The highest BCUT2D eigenvalue weighted by molar-refractivity contribution is 7.12. The van der Waals surface area contributed by atoms with Crippen LogP contribution in [-0.4, -0.2) is 36.2 Å². The number of thiophene rings is 1. The number of hydrogen-bond donors (Lipinski definition) is 1. The average molecular weight is 282 g/mol. The third-order valence-electron chi connectivity index (χ3n) is 3.77. The topological polar surface area (TPSA) is 38.5 Å². The Hall–Kier alpha value is -0.420. The molecular formula is C15H26N2OS. The molecule has 0 saturated carbocycles. The predicted molar refractivity (Wildman–Crippen MR) is 81.6 cm³/mol. The number of ether oxygens (including phenoxy) is 1. The standard InChI is InChI=1S/C15H26N2OS/c1-5-13(16)15(14-7-6-12(4)19-14)17-8-10(2)18-11(3)9-17/h6-7,10-11,13,15H,5,8-9,16H2,1-4H3. The van der Waals surface area contributed by atoms with E-state index >= 15 is 0 Å². The van der Waals surface area contributed by atoms with Gasteiger partial charge in [-0.3, -0.25) is 4.90 Å². The van der Waals surface area contributed by atoms with Gasteiger partial charge < -0.3 is 10.5 Å². The number of hydrogen-bond acceptors (Lipinski definition) is 4. The highest BCUT2D eigenvalue weighted by Gasteiger charge is 2.32. The molecule has 1 aromatic heterocycles. The first-order valence-corrected chi connectivity index (χ1v) is 8.04. The van der Waals surface area contributed by atoms with Crippen LogP contribution in [-0.2, 0) is 4.74 Å². The summed E-state index contributed by atoms with van der Waals surface area (Å²) >= 11 is 1.87. The highest BCUT2D eigenvalue weighted by atomic mass is 32.1. The van der Waals surface area contributed by atoms with Crippen molar-refractivity contribution in [3.8, 4) is 0 Å². The SMILES string of the molecule is CCC(N)C(c1ccc(C)s1)N1CC(C)OC(C)C1. The molecule has 0 aliphatic carbocycles. The molecule has 1 aliphatic rings. The van der Waals surface area contributed by atoms with E-state index < -0.39 is 0 Å². The summed E-state index contributed by atoms with van der Waals surface area (Å²) in [4.78, 5) is 5.27. The molecule has 1 saturated heterocycles. The molecule has 1 aromatic rings. The molecule has 2 N–H and O–H groups in total. The van der Waals surface area contributed by atoms with Crippen molar-refractivity contribution < 1.29 is 4.74 Å². The summed E-state index contributed by atoms with van der Waals surface area (Å²) in [5.74, 6) is 0. The second kappa shape index (κ2) is 6.35. The Balaban J connectivity index is 2.22. The van der Waals surface area contributed by atoms with Gasteiger partial charge >= 0.3 is 0 Å². The van der Waals surface area contributed by atoms with Gasteiger partial charge in [-0.05, 0) is 39.3 Å². The van der Waals surface area contributed by atoms with Crippen molar-refractivity contribution in [3.63, 3.8) is 0 Å². The van der Waals surface area contributed by atoms with Crippen LogP contribution >= 0.6 is 11.3 Å². The maximum atomic E-state index is 6.40. The van der Waals surface area contributed by atoms with Gasteiger partial charge in [0, 0.05) is 28.9 Å². The third kappa shape index (κ3) is 3.57.